The fraction of sp³-hybridized carbons (Fsp3) is 0.0769. The van der Waals surface area contributed by atoms with Gasteiger partial charge >= 0.3 is 12.1 Å². The van der Waals surface area contributed by atoms with E-state index in [9.17, 15) is 32.3 Å². The molecule has 12 heteroatoms. The van der Waals surface area contributed by atoms with Crippen LogP contribution >= 0.6 is 11.6 Å². The van der Waals surface area contributed by atoms with Gasteiger partial charge < -0.3 is 15.4 Å². The van der Waals surface area contributed by atoms with Crippen LogP contribution in [-0.4, -0.2) is 30.8 Å². The molecule has 0 saturated carbocycles. The van der Waals surface area contributed by atoms with Crippen molar-refractivity contribution in [3.05, 3.63) is 100 Å². The minimum absolute atomic E-state index is 0.0249. The summed E-state index contributed by atoms with van der Waals surface area (Å²) < 4.78 is 44.5. The second kappa shape index (κ2) is 10.4. The van der Waals surface area contributed by atoms with Crippen molar-refractivity contribution in [1.29, 1.82) is 0 Å². The molecule has 3 aromatic carbocycles. The largest absolute Gasteiger partial charge is 0.465 e. The number of alkyl halides is 3. The standard InChI is InChI=1S/C26H17ClF3N3O5/c1-38-25(37)15-7-5-9-17(13-15)33-23(35)20(27)21(24(33)36)31-16-8-4-6-14(12-16)22(34)32-19-11-3-2-10-18(19)26(28,29)30/h2-13,31H,1H3,(H,32,34). The average Bonchev–Trinajstić information content (AvgIpc) is 3.11. The number of carbonyl (C=O) groups is 4. The summed E-state index contributed by atoms with van der Waals surface area (Å²) in [6, 6.07) is 15.7. The van der Waals surface area contributed by atoms with Crippen molar-refractivity contribution >= 4 is 52.4 Å². The summed E-state index contributed by atoms with van der Waals surface area (Å²) in [5.74, 6) is -3.17. The van der Waals surface area contributed by atoms with Gasteiger partial charge in [0.25, 0.3) is 17.7 Å². The number of esters is 1. The zero-order valence-corrected chi connectivity index (χ0v) is 20.2. The number of halogens is 4. The van der Waals surface area contributed by atoms with Crippen LogP contribution < -0.4 is 15.5 Å². The maximum atomic E-state index is 13.3. The Morgan fingerprint density at radius 2 is 1.58 bits per heavy atom. The lowest BCUT2D eigenvalue weighted by atomic mass is 10.1. The number of hydrogen-bond acceptors (Lipinski definition) is 6. The summed E-state index contributed by atoms with van der Waals surface area (Å²) in [5.41, 5.74) is -1.39. The van der Waals surface area contributed by atoms with Gasteiger partial charge in [0.05, 0.1) is 29.6 Å². The number of anilines is 3. The molecule has 2 N–H and O–H groups in total. The predicted molar refractivity (Wildman–Crippen MR) is 133 cm³/mol. The molecule has 1 heterocycles. The Labute approximate surface area is 218 Å². The first-order chi connectivity index (χ1) is 18.0. The van der Waals surface area contributed by atoms with Gasteiger partial charge in [0, 0.05) is 11.3 Å². The summed E-state index contributed by atoms with van der Waals surface area (Å²) in [6.07, 6.45) is -4.67. The molecule has 4 rings (SSSR count). The molecule has 38 heavy (non-hydrogen) atoms. The lowest BCUT2D eigenvalue weighted by molar-refractivity contribution is -0.137. The van der Waals surface area contributed by atoms with Crippen molar-refractivity contribution in [3.8, 4) is 0 Å². The van der Waals surface area contributed by atoms with E-state index in [0.29, 0.717) is 0 Å². The number of ether oxygens (including phenoxy) is 1. The first-order valence-corrected chi connectivity index (χ1v) is 11.2. The molecule has 0 unspecified atom stereocenters. The van der Waals surface area contributed by atoms with Gasteiger partial charge in [-0.05, 0) is 48.5 Å². The number of methoxy groups -OCH3 is 1. The number of imide groups is 1. The van der Waals surface area contributed by atoms with E-state index in [4.69, 9.17) is 11.6 Å². The van der Waals surface area contributed by atoms with Gasteiger partial charge in [-0.15, -0.1) is 0 Å². The Kier molecular flexibility index (Phi) is 7.22. The first-order valence-electron chi connectivity index (χ1n) is 10.8. The highest BCUT2D eigenvalue weighted by Gasteiger charge is 2.39. The number of hydrogen-bond donors (Lipinski definition) is 2. The Hall–Kier alpha value is -4.64. The van der Waals surface area contributed by atoms with Crippen LogP contribution in [0.25, 0.3) is 0 Å². The average molecular weight is 544 g/mol. The van der Waals surface area contributed by atoms with Crippen LogP contribution in [-0.2, 0) is 20.5 Å². The third-order valence-corrected chi connectivity index (χ3v) is 5.78. The van der Waals surface area contributed by atoms with Crippen LogP contribution in [0.4, 0.5) is 30.2 Å². The molecular formula is C26H17ClF3N3O5. The highest BCUT2D eigenvalue weighted by atomic mass is 35.5. The molecule has 0 bridgehead atoms. The van der Waals surface area contributed by atoms with Crippen LogP contribution in [0.15, 0.2) is 83.5 Å². The van der Waals surface area contributed by atoms with Crippen LogP contribution in [0.1, 0.15) is 26.3 Å². The quantitative estimate of drug-likeness (QED) is 0.328. The second-order valence-corrected chi connectivity index (χ2v) is 8.26. The van der Waals surface area contributed by atoms with Crippen molar-refractivity contribution in [2.24, 2.45) is 0 Å². The van der Waals surface area contributed by atoms with Crippen molar-refractivity contribution in [2.45, 2.75) is 6.18 Å². The fourth-order valence-electron chi connectivity index (χ4n) is 3.65. The minimum Gasteiger partial charge on any atom is -0.465 e. The third kappa shape index (κ3) is 5.23. The highest BCUT2D eigenvalue weighted by Crippen LogP contribution is 2.35. The SMILES string of the molecule is COC(=O)c1cccc(N2C(=O)C(Cl)=C(Nc3cccc(C(=O)Nc4ccccc4C(F)(F)F)c3)C2=O)c1. The smallest absolute Gasteiger partial charge is 0.418 e. The predicted octanol–water partition coefficient (Wildman–Crippen LogP) is 5.18. The number of rotatable bonds is 6. The van der Waals surface area contributed by atoms with E-state index in [1.54, 1.807) is 0 Å². The number of amides is 3. The highest BCUT2D eigenvalue weighted by molar-refractivity contribution is 6.53. The van der Waals surface area contributed by atoms with E-state index in [0.717, 1.165) is 17.0 Å². The van der Waals surface area contributed by atoms with Crippen LogP contribution in [0.3, 0.4) is 0 Å². The normalized spacial score (nSPS) is 13.6. The molecule has 8 nitrogen and oxygen atoms in total. The molecule has 0 radical (unpaired) electrons. The molecule has 0 atom stereocenters. The molecule has 0 aliphatic carbocycles. The van der Waals surface area contributed by atoms with Gasteiger partial charge in [-0.3, -0.25) is 14.4 Å². The lowest BCUT2D eigenvalue weighted by Crippen LogP contribution is -2.32. The summed E-state index contributed by atoms with van der Waals surface area (Å²) in [7, 11) is 1.19. The van der Waals surface area contributed by atoms with E-state index in [-0.39, 0.29) is 28.2 Å². The zero-order valence-electron chi connectivity index (χ0n) is 19.4. The number of carbonyl (C=O) groups excluding carboxylic acids is 4. The second-order valence-electron chi connectivity index (χ2n) is 7.88. The molecule has 0 aromatic heterocycles. The topological polar surface area (TPSA) is 105 Å². The van der Waals surface area contributed by atoms with Crippen LogP contribution in [0, 0.1) is 0 Å². The minimum atomic E-state index is -4.67. The first kappa shape index (κ1) is 26.4. The van der Waals surface area contributed by atoms with Gasteiger partial charge in [-0.1, -0.05) is 35.9 Å². The zero-order chi connectivity index (χ0) is 27.6. The molecule has 0 fully saturated rings. The molecule has 3 aromatic rings. The summed E-state index contributed by atoms with van der Waals surface area (Å²) in [6.45, 7) is 0. The molecular weight excluding hydrogens is 527 g/mol. The monoisotopic (exact) mass is 543 g/mol. The van der Waals surface area contributed by atoms with Gasteiger partial charge in [-0.2, -0.15) is 13.2 Å². The third-order valence-electron chi connectivity index (χ3n) is 5.43. The number of nitrogens with zero attached hydrogens (tertiary/aromatic N) is 1. The summed E-state index contributed by atoms with van der Waals surface area (Å²) >= 11 is 6.15. The molecule has 194 valence electrons. The van der Waals surface area contributed by atoms with Gasteiger partial charge in [0.15, 0.2) is 0 Å². The number of para-hydroxylation sites is 1. The fourth-order valence-corrected chi connectivity index (χ4v) is 3.86. The molecule has 0 spiro atoms. The molecule has 1 aliphatic heterocycles. The Morgan fingerprint density at radius 3 is 2.29 bits per heavy atom. The van der Waals surface area contributed by atoms with Crippen LogP contribution in [0.2, 0.25) is 0 Å². The van der Waals surface area contributed by atoms with Crippen LogP contribution in [0.5, 0.6) is 0 Å². The van der Waals surface area contributed by atoms with Crippen molar-refractivity contribution in [1.82, 2.24) is 0 Å². The number of benzene rings is 3. The van der Waals surface area contributed by atoms with E-state index in [2.05, 4.69) is 15.4 Å². The van der Waals surface area contributed by atoms with Gasteiger partial charge in [0.1, 0.15) is 10.7 Å². The molecule has 1 aliphatic rings. The Bertz CT molecular complexity index is 1500. The lowest BCUT2D eigenvalue weighted by Gasteiger charge is -2.16. The maximum Gasteiger partial charge on any atom is 0.418 e. The van der Waals surface area contributed by atoms with Crippen molar-refractivity contribution in [3.63, 3.8) is 0 Å². The Morgan fingerprint density at radius 1 is 0.895 bits per heavy atom. The van der Waals surface area contributed by atoms with E-state index in [1.807, 2.05) is 0 Å². The number of nitrogens with one attached hydrogen (secondary N) is 2. The van der Waals surface area contributed by atoms with E-state index in [1.165, 1.54) is 67.8 Å². The van der Waals surface area contributed by atoms with Crippen molar-refractivity contribution in [2.75, 3.05) is 22.6 Å². The van der Waals surface area contributed by atoms with E-state index < -0.39 is 46.2 Å². The molecule has 3 amide bonds. The molecule has 0 saturated heterocycles. The van der Waals surface area contributed by atoms with E-state index >= 15 is 0 Å². The summed E-state index contributed by atoms with van der Waals surface area (Å²) in [4.78, 5) is 51.1. The van der Waals surface area contributed by atoms with Gasteiger partial charge in [0.2, 0.25) is 0 Å². The Balaban J connectivity index is 1.56. The van der Waals surface area contributed by atoms with Gasteiger partial charge in [-0.25, -0.2) is 9.69 Å². The summed E-state index contributed by atoms with van der Waals surface area (Å²) in [5, 5.41) is 4.50. The van der Waals surface area contributed by atoms with Crippen molar-refractivity contribution < 1.29 is 37.1 Å². The maximum absolute atomic E-state index is 13.3.